The van der Waals surface area contributed by atoms with Crippen LogP contribution < -0.4 is 11.1 Å². The summed E-state index contributed by atoms with van der Waals surface area (Å²) in [5.41, 5.74) is 5.67. The molecule has 0 spiro atoms. The largest absolute Gasteiger partial charge is 0.444 e. The Morgan fingerprint density at radius 2 is 2.15 bits per heavy atom. The molecule has 1 atom stereocenters. The zero-order valence-corrected chi connectivity index (χ0v) is 12.6. The Morgan fingerprint density at radius 3 is 2.70 bits per heavy atom. The zero-order valence-electron chi connectivity index (χ0n) is 11.9. The van der Waals surface area contributed by atoms with Gasteiger partial charge in [-0.05, 0) is 32.4 Å². The highest BCUT2D eigenvalue weighted by atomic mass is 35.5. The molecule has 1 amide bonds. The smallest absolute Gasteiger partial charge is 0.407 e. The fourth-order valence-corrected chi connectivity index (χ4v) is 1.96. The first kappa shape index (κ1) is 16.7. The predicted octanol–water partition coefficient (Wildman–Crippen LogP) is 3.05. The van der Waals surface area contributed by atoms with Crippen LogP contribution in [0.25, 0.3) is 0 Å². The van der Waals surface area contributed by atoms with Crippen molar-refractivity contribution in [2.45, 2.75) is 32.3 Å². The van der Waals surface area contributed by atoms with E-state index in [4.69, 9.17) is 22.1 Å². The highest BCUT2D eigenvalue weighted by molar-refractivity contribution is 6.31. The first-order chi connectivity index (χ1) is 9.24. The van der Waals surface area contributed by atoms with E-state index in [2.05, 4.69) is 5.32 Å². The van der Waals surface area contributed by atoms with Crippen molar-refractivity contribution >= 4 is 17.7 Å². The first-order valence-electron chi connectivity index (χ1n) is 6.35. The molecule has 0 aromatic heterocycles. The molecule has 1 rings (SSSR count). The van der Waals surface area contributed by atoms with E-state index in [1.165, 1.54) is 6.07 Å². The number of ether oxygens (including phenoxy) is 1. The van der Waals surface area contributed by atoms with E-state index < -0.39 is 17.5 Å². The topological polar surface area (TPSA) is 64.3 Å². The molecule has 0 aliphatic heterocycles. The third-order valence-corrected chi connectivity index (χ3v) is 3.00. The summed E-state index contributed by atoms with van der Waals surface area (Å²) in [6.07, 6.45) is -0.538. The molecule has 0 saturated heterocycles. The number of rotatable bonds is 4. The number of carbonyl (C=O) groups is 1. The second kappa shape index (κ2) is 6.90. The van der Waals surface area contributed by atoms with E-state index in [-0.39, 0.29) is 24.0 Å². The average Bonchev–Trinajstić information content (AvgIpc) is 2.32. The fourth-order valence-electron chi connectivity index (χ4n) is 1.68. The molecular formula is C14H20ClFN2O2. The van der Waals surface area contributed by atoms with Gasteiger partial charge in [0.05, 0.1) is 5.02 Å². The van der Waals surface area contributed by atoms with Gasteiger partial charge in [-0.2, -0.15) is 0 Å². The van der Waals surface area contributed by atoms with E-state index in [9.17, 15) is 9.18 Å². The monoisotopic (exact) mass is 302 g/mol. The average molecular weight is 303 g/mol. The normalized spacial score (nSPS) is 12.9. The van der Waals surface area contributed by atoms with Gasteiger partial charge < -0.3 is 15.8 Å². The van der Waals surface area contributed by atoms with Gasteiger partial charge in [0.2, 0.25) is 0 Å². The minimum Gasteiger partial charge on any atom is -0.444 e. The van der Waals surface area contributed by atoms with Gasteiger partial charge in [0, 0.05) is 19.0 Å². The molecular weight excluding hydrogens is 283 g/mol. The minimum atomic E-state index is -0.571. The van der Waals surface area contributed by atoms with Gasteiger partial charge >= 0.3 is 6.09 Å². The summed E-state index contributed by atoms with van der Waals surface area (Å²) in [7, 11) is 0. The summed E-state index contributed by atoms with van der Waals surface area (Å²) < 4.78 is 18.5. The van der Waals surface area contributed by atoms with Crippen LogP contribution in [0.15, 0.2) is 18.2 Å². The Morgan fingerprint density at radius 1 is 1.50 bits per heavy atom. The third-order valence-electron chi connectivity index (χ3n) is 2.60. The SMILES string of the molecule is CC(C)(C)OC(=O)NCC(CN)c1cccc(F)c1Cl. The number of hydrogen-bond donors (Lipinski definition) is 2. The molecule has 1 aromatic rings. The van der Waals surface area contributed by atoms with E-state index in [0.29, 0.717) is 5.56 Å². The Hall–Kier alpha value is -1.33. The molecule has 6 heteroatoms. The minimum absolute atomic E-state index is 0.0361. The van der Waals surface area contributed by atoms with Crippen molar-refractivity contribution in [2.75, 3.05) is 13.1 Å². The number of nitrogens with two attached hydrogens (primary N) is 1. The van der Waals surface area contributed by atoms with Gasteiger partial charge in [-0.15, -0.1) is 0 Å². The number of hydrogen-bond acceptors (Lipinski definition) is 3. The molecule has 1 aromatic carbocycles. The maximum Gasteiger partial charge on any atom is 0.407 e. The van der Waals surface area contributed by atoms with Crippen molar-refractivity contribution in [3.63, 3.8) is 0 Å². The summed E-state index contributed by atoms with van der Waals surface area (Å²) in [5, 5.41) is 2.65. The molecule has 1 unspecified atom stereocenters. The Bertz CT molecular complexity index is 475. The molecule has 4 nitrogen and oxygen atoms in total. The number of halogens is 2. The summed E-state index contributed by atoms with van der Waals surface area (Å²) in [6.45, 7) is 5.79. The Labute approximate surface area is 123 Å². The molecule has 20 heavy (non-hydrogen) atoms. The van der Waals surface area contributed by atoms with Crippen LogP contribution in [-0.2, 0) is 4.74 Å². The van der Waals surface area contributed by atoms with Crippen LogP contribution in [-0.4, -0.2) is 24.8 Å². The van der Waals surface area contributed by atoms with Crippen LogP contribution in [0.3, 0.4) is 0 Å². The maximum absolute atomic E-state index is 13.4. The standard InChI is InChI=1S/C14H20ClFN2O2/c1-14(2,3)20-13(19)18-8-9(7-17)10-5-4-6-11(16)12(10)15/h4-6,9H,7-8,17H2,1-3H3,(H,18,19). The Balaban J connectivity index is 2.69. The van der Waals surface area contributed by atoms with Gasteiger partial charge in [0.1, 0.15) is 11.4 Å². The number of carbonyl (C=O) groups excluding carboxylic acids is 1. The molecule has 0 aliphatic rings. The second-order valence-corrected chi connectivity index (χ2v) is 5.84. The van der Waals surface area contributed by atoms with Crippen molar-refractivity contribution in [3.8, 4) is 0 Å². The van der Waals surface area contributed by atoms with Crippen LogP contribution in [0, 0.1) is 5.82 Å². The quantitative estimate of drug-likeness (QED) is 0.898. The van der Waals surface area contributed by atoms with Crippen molar-refractivity contribution in [1.82, 2.24) is 5.32 Å². The van der Waals surface area contributed by atoms with Crippen LogP contribution >= 0.6 is 11.6 Å². The highest BCUT2D eigenvalue weighted by Crippen LogP contribution is 2.26. The first-order valence-corrected chi connectivity index (χ1v) is 6.73. The predicted molar refractivity (Wildman–Crippen MR) is 77.4 cm³/mol. The molecule has 3 N–H and O–H groups in total. The lowest BCUT2D eigenvalue weighted by atomic mass is 9.99. The lowest BCUT2D eigenvalue weighted by Crippen LogP contribution is -2.36. The van der Waals surface area contributed by atoms with Gasteiger partial charge in [0.25, 0.3) is 0 Å². The van der Waals surface area contributed by atoms with Crippen LogP contribution in [0.1, 0.15) is 32.3 Å². The van der Waals surface area contributed by atoms with Crippen molar-refractivity contribution < 1.29 is 13.9 Å². The highest BCUT2D eigenvalue weighted by Gasteiger charge is 2.19. The van der Waals surface area contributed by atoms with Gasteiger partial charge in [-0.25, -0.2) is 9.18 Å². The number of nitrogens with one attached hydrogen (secondary N) is 1. The fraction of sp³-hybridized carbons (Fsp3) is 0.500. The molecule has 0 fully saturated rings. The van der Waals surface area contributed by atoms with Crippen molar-refractivity contribution in [2.24, 2.45) is 5.73 Å². The van der Waals surface area contributed by atoms with Gasteiger partial charge in [0.15, 0.2) is 0 Å². The summed E-state index contributed by atoms with van der Waals surface area (Å²) >= 11 is 5.91. The van der Waals surface area contributed by atoms with E-state index in [0.717, 1.165) is 0 Å². The van der Waals surface area contributed by atoms with E-state index in [1.54, 1.807) is 32.9 Å². The van der Waals surface area contributed by atoms with Crippen LogP contribution in [0.4, 0.5) is 9.18 Å². The zero-order chi connectivity index (χ0) is 15.3. The number of amides is 1. The second-order valence-electron chi connectivity index (χ2n) is 5.46. The van der Waals surface area contributed by atoms with Crippen molar-refractivity contribution in [1.29, 1.82) is 0 Å². The van der Waals surface area contributed by atoms with E-state index >= 15 is 0 Å². The number of alkyl carbamates (subject to hydrolysis) is 1. The van der Waals surface area contributed by atoms with Crippen LogP contribution in [0.5, 0.6) is 0 Å². The molecule has 0 heterocycles. The van der Waals surface area contributed by atoms with Gasteiger partial charge in [-0.3, -0.25) is 0 Å². The summed E-state index contributed by atoms with van der Waals surface area (Å²) in [5.74, 6) is -0.773. The maximum atomic E-state index is 13.4. The molecule has 0 bridgehead atoms. The van der Waals surface area contributed by atoms with Gasteiger partial charge in [-0.1, -0.05) is 23.7 Å². The molecule has 0 radical (unpaired) electrons. The van der Waals surface area contributed by atoms with Crippen LogP contribution in [0.2, 0.25) is 5.02 Å². The van der Waals surface area contributed by atoms with Crippen molar-refractivity contribution in [3.05, 3.63) is 34.6 Å². The molecule has 112 valence electrons. The molecule has 0 saturated carbocycles. The third kappa shape index (κ3) is 4.98. The lowest BCUT2D eigenvalue weighted by molar-refractivity contribution is 0.0525. The lowest BCUT2D eigenvalue weighted by Gasteiger charge is -2.22. The molecule has 0 aliphatic carbocycles. The number of benzene rings is 1. The van der Waals surface area contributed by atoms with E-state index in [1.807, 2.05) is 0 Å². The summed E-state index contributed by atoms with van der Waals surface area (Å²) in [6, 6.07) is 4.53. The summed E-state index contributed by atoms with van der Waals surface area (Å²) in [4.78, 5) is 11.6. The Kier molecular flexibility index (Phi) is 5.77.